The molecule has 2 heterocycles. The molecule has 1 unspecified atom stereocenters. The first-order valence-corrected chi connectivity index (χ1v) is 10.8. The summed E-state index contributed by atoms with van der Waals surface area (Å²) in [4.78, 5) is 16.5. The minimum atomic E-state index is -4.16. The topological polar surface area (TPSA) is 79.4 Å². The monoisotopic (exact) mass is 423 g/mol. The SMILES string of the molecule is O=C(Nc1nc2ccc(F)cc2s1)C1CCCN1S(=O)(=O)c1ccccc1F. The van der Waals surface area contributed by atoms with Gasteiger partial charge in [-0.1, -0.05) is 23.5 Å². The number of halogens is 2. The highest BCUT2D eigenvalue weighted by Gasteiger charge is 2.40. The number of sulfonamides is 1. The molecule has 1 aromatic heterocycles. The van der Waals surface area contributed by atoms with Gasteiger partial charge in [-0.05, 0) is 43.2 Å². The number of carbonyl (C=O) groups excluding carboxylic acids is 1. The molecule has 1 fully saturated rings. The van der Waals surface area contributed by atoms with Crippen LogP contribution in [0.4, 0.5) is 13.9 Å². The van der Waals surface area contributed by atoms with Gasteiger partial charge in [-0.3, -0.25) is 4.79 Å². The molecule has 2 aromatic carbocycles. The van der Waals surface area contributed by atoms with Crippen LogP contribution in [0.15, 0.2) is 47.4 Å². The van der Waals surface area contributed by atoms with Crippen molar-refractivity contribution in [2.75, 3.05) is 11.9 Å². The minimum Gasteiger partial charge on any atom is -0.301 e. The molecule has 0 bridgehead atoms. The number of nitrogens with one attached hydrogen (secondary N) is 1. The van der Waals surface area contributed by atoms with Crippen LogP contribution >= 0.6 is 11.3 Å². The van der Waals surface area contributed by atoms with Crippen molar-refractivity contribution in [3.63, 3.8) is 0 Å². The normalized spacial score (nSPS) is 17.9. The Hall–Kier alpha value is -2.43. The number of nitrogens with zero attached hydrogens (tertiary/aromatic N) is 2. The van der Waals surface area contributed by atoms with Crippen LogP contribution in [0.2, 0.25) is 0 Å². The number of anilines is 1. The van der Waals surface area contributed by atoms with Crippen molar-refractivity contribution >= 4 is 42.6 Å². The molecule has 3 aromatic rings. The van der Waals surface area contributed by atoms with E-state index in [1.807, 2.05) is 0 Å². The van der Waals surface area contributed by atoms with Gasteiger partial charge in [0.05, 0.1) is 10.2 Å². The Morgan fingerprint density at radius 1 is 1.21 bits per heavy atom. The third-order valence-corrected chi connectivity index (χ3v) is 7.39. The zero-order valence-electron chi connectivity index (χ0n) is 14.4. The van der Waals surface area contributed by atoms with Crippen molar-refractivity contribution in [1.29, 1.82) is 0 Å². The number of aromatic nitrogens is 1. The van der Waals surface area contributed by atoms with Crippen LogP contribution in [0.1, 0.15) is 12.8 Å². The highest BCUT2D eigenvalue weighted by atomic mass is 32.2. The summed E-state index contributed by atoms with van der Waals surface area (Å²) in [6.07, 6.45) is 0.801. The first kappa shape index (κ1) is 18.9. The first-order chi connectivity index (χ1) is 13.4. The van der Waals surface area contributed by atoms with Crippen LogP contribution < -0.4 is 5.32 Å². The molecular formula is C18H15F2N3O3S2. The standard InChI is InChI=1S/C18H15F2N3O3S2/c19-11-7-8-13-15(10-11)27-18(21-13)22-17(24)14-5-3-9-23(14)28(25,26)16-6-2-1-4-12(16)20/h1-2,4,6-8,10,14H,3,5,9H2,(H,21,22,24). The highest BCUT2D eigenvalue weighted by Crippen LogP contribution is 2.30. The number of benzene rings is 2. The van der Waals surface area contributed by atoms with Crippen molar-refractivity contribution in [2.24, 2.45) is 0 Å². The van der Waals surface area contributed by atoms with Gasteiger partial charge in [0.2, 0.25) is 15.9 Å². The van der Waals surface area contributed by atoms with Crippen LogP contribution in [0, 0.1) is 11.6 Å². The first-order valence-electron chi connectivity index (χ1n) is 8.49. The Morgan fingerprint density at radius 2 is 2.00 bits per heavy atom. The van der Waals surface area contributed by atoms with Crippen LogP contribution in [0.3, 0.4) is 0 Å². The summed E-state index contributed by atoms with van der Waals surface area (Å²) in [7, 11) is -4.16. The Balaban J connectivity index is 1.58. The maximum atomic E-state index is 14.0. The zero-order chi connectivity index (χ0) is 19.9. The lowest BCUT2D eigenvalue weighted by molar-refractivity contribution is -0.119. The minimum absolute atomic E-state index is 0.125. The summed E-state index contributed by atoms with van der Waals surface area (Å²) in [5.74, 6) is -1.81. The van der Waals surface area contributed by atoms with Crippen molar-refractivity contribution in [3.05, 3.63) is 54.1 Å². The van der Waals surface area contributed by atoms with Crippen molar-refractivity contribution in [3.8, 4) is 0 Å². The van der Waals surface area contributed by atoms with Crippen molar-refractivity contribution < 1.29 is 22.0 Å². The lowest BCUT2D eigenvalue weighted by atomic mass is 10.2. The summed E-state index contributed by atoms with van der Waals surface area (Å²) < 4.78 is 54.6. The summed E-state index contributed by atoms with van der Waals surface area (Å²) in [5, 5.41) is 2.86. The van der Waals surface area contributed by atoms with Gasteiger partial charge in [0.15, 0.2) is 5.13 Å². The summed E-state index contributed by atoms with van der Waals surface area (Å²) in [5.41, 5.74) is 0.531. The molecule has 1 amide bonds. The van der Waals surface area contributed by atoms with Crippen LogP contribution in [-0.2, 0) is 14.8 Å². The second-order valence-electron chi connectivity index (χ2n) is 6.32. The molecule has 146 valence electrons. The molecule has 0 aliphatic carbocycles. The maximum Gasteiger partial charge on any atom is 0.246 e. The van der Waals surface area contributed by atoms with Crippen LogP contribution in [0.25, 0.3) is 10.2 Å². The van der Waals surface area contributed by atoms with Crippen LogP contribution in [-0.4, -0.2) is 36.2 Å². The average molecular weight is 423 g/mol. The van der Waals surface area contributed by atoms with E-state index in [4.69, 9.17) is 0 Å². The average Bonchev–Trinajstić information content (AvgIpc) is 3.28. The van der Waals surface area contributed by atoms with Gasteiger partial charge in [-0.2, -0.15) is 4.31 Å². The fraction of sp³-hybridized carbons (Fsp3) is 0.222. The van der Waals surface area contributed by atoms with E-state index < -0.39 is 38.5 Å². The summed E-state index contributed by atoms with van der Waals surface area (Å²) in [6.45, 7) is 0.125. The quantitative estimate of drug-likeness (QED) is 0.698. The van der Waals surface area contributed by atoms with E-state index in [2.05, 4.69) is 10.3 Å². The number of carbonyl (C=O) groups is 1. The summed E-state index contributed by atoms with van der Waals surface area (Å²) in [6, 6.07) is 8.20. The Bertz CT molecular complexity index is 1160. The molecule has 28 heavy (non-hydrogen) atoms. The maximum absolute atomic E-state index is 14.0. The Labute approximate surface area is 163 Å². The molecule has 1 atom stereocenters. The molecule has 6 nitrogen and oxygen atoms in total. The van der Waals surface area contributed by atoms with E-state index >= 15 is 0 Å². The van der Waals surface area contributed by atoms with E-state index in [9.17, 15) is 22.0 Å². The zero-order valence-corrected chi connectivity index (χ0v) is 16.1. The number of fused-ring (bicyclic) bond motifs is 1. The molecule has 1 aliphatic rings. The second kappa shape index (κ2) is 7.19. The fourth-order valence-corrected chi connectivity index (χ4v) is 5.83. The molecule has 10 heteroatoms. The molecule has 0 spiro atoms. The summed E-state index contributed by atoms with van der Waals surface area (Å²) >= 11 is 1.10. The molecule has 1 aliphatic heterocycles. The van der Waals surface area contributed by atoms with E-state index in [0.29, 0.717) is 23.1 Å². The van der Waals surface area contributed by atoms with Gasteiger partial charge in [-0.25, -0.2) is 22.2 Å². The van der Waals surface area contributed by atoms with E-state index in [-0.39, 0.29) is 11.7 Å². The number of hydrogen-bond donors (Lipinski definition) is 1. The molecule has 0 saturated carbocycles. The van der Waals surface area contributed by atoms with E-state index in [1.165, 1.54) is 36.4 Å². The molecule has 1 saturated heterocycles. The number of thiazole rings is 1. The van der Waals surface area contributed by atoms with E-state index in [0.717, 1.165) is 21.7 Å². The largest absolute Gasteiger partial charge is 0.301 e. The van der Waals surface area contributed by atoms with Gasteiger partial charge < -0.3 is 5.32 Å². The number of rotatable bonds is 4. The lowest BCUT2D eigenvalue weighted by Crippen LogP contribution is -2.43. The third kappa shape index (κ3) is 3.38. The molecule has 0 radical (unpaired) electrons. The van der Waals surface area contributed by atoms with Crippen molar-refractivity contribution in [2.45, 2.75) is 23.8 Å². The number of hydrogen-bond acceptors (Lipinski definition) is 5. The lowest BCUT2D eigenvalue weighted by Gasteiger charge is -2.23. The fourth-order valence-electron chi connectivity index (χ4n) is 3.21. The van der Waals surface area contributed by atoms with Crippen molar-refractivity contribution in [1.82, 2.24) is 9.29 Å². The molecule has 1 N–H and O–H groups in total. The van der Waals surface area contributed by atoms with Gasteiger partial charge in [0.1, 0.15) is 22.6 Å². The molecule has 4 rings (SSSR count). The van der Waals surface area contributed by atoms with Crippen LogP contribution in [0.5, 0.6) is 0 Å². The predicted molar refractivity (Wildman–Crippen MR) is 102 cm³/mol. The molecular weight excluding hydrogens is 408 g/mol. The van der Waals surface area contributed by atoms with Gasteiger partial charge >= 0.3 is 0 Å². The van der Waals surface area contributed by atoms with Gasteiger partial charge in [-0.15, -0.1) is 0 Å². The predicted octanol–water partition coefficient (Wildman–Crippen LogP) is 3.37. The van der Waals surface area contributed by atoms with Gasteiger partial charge in [0, 0.05) is 6.54 Å². The Kier molecular flexibility index (Phi) is 4.86. The second-order valence-corrected chi connectivity index (χ2v) is 9.21. The number of amides is 1. The van der Waals surface area contributed by atoms with E-state index in [1.54, 1.807) is 0 Å². The third-order valence-electron chi connectivity index (χ3n) is 4.51. The Morgan fingerprint density at radius 3 is 2.79 bits per heavy atom. The smallest absolute Gasteiger partial charge is 0.246 e. The highest BCUT2D eigenvalue weighted by molar-refractivity contribution is 7.89. The van der Waals surface area contributed by atoms with Gasteiger partial charge in [0.25, 0.3) is 0 Å².